The molecule has 0 spiro atoms. The standard InChI is InChI=1S/C24H22N4O5/c1-32-19-8-6-18(7-9-19)28-14-16(12-22(28)29)24(31)27-17-5-10-21(26-13-17)33-20-4-2-3-15(11-20)23(25)30/h2-11,13,16H,12,14H2,1H3,(H2,25,30)(H,27,31). The first-order chi connectivity index (χ1) is 15.9. The number of anilines is 2. The number of amides is 3. The van der Waals surface area contributed by atoms with Crippen molar-refractivity contribution in [1.82, 2.24) is 4.98 Å². The summed E-state index contributed by atoms with van der Waals surface area (Å²) in [4.78, 5) is 42.2. The summed E-state index contributed by atoms with van der Waals surface area (Å²) in [5, 5.41) is 2.79. The van der Waals surface area contributed by atoms with Gasteiger partial charge in [0.05, 0.1) is 24.9 Å². The normalized spacial score (nSPS) is 15.2. The van der Waals surface area contributed by atoms with Crippen LogP contribution in [0.1, 0.15) is 16.8 Å². The van der Waals surface area contributed by atoms with Crippen LogP contribution in [-0.2, 0) is 9.59 Å². The maximum Gasteiger partial charge on any atom is 0.248 e. The van der Waals surface area contributed by atoms with Crippen LogP contribution in [0.25, 0.3) is 0 Å². The number of hydrogen-bond donors (Lipinski definition) is 2. The van der Waals surface area contributed by atoms with Gasteiger partial charge in [0.15, 0.2) is 0 Å². The number of carbonyl (C=O) groups excluding carboxylic acids is 3. The number of carbonyl (C=O) groups is 3. The fraction of sp³-hybridized carbons (Fsp3) is 0.167. The van der Waals surface area contributed by atoms with Crippen LogP contribution in [0.5, 0.6) is 17.4 Å². The highest BCUT2D eigenvalue weighted by Gasteiger charge is 2.35. The van der Waals surface area contributed by atoms with E-state index in [0.29, 0.717) is 29.3 Å². The molecule has 9 heteroatoms. The number of aromatic nitrogens is 1. The zero-order chi connectivity index (χ0) is 23.4. The zero-order valence-electron chi connectivity index (χ0n) is 17.9. The number of ether oxygens (including phenoxy) is 2. The lowest BCUT2D eigenvalue weighted by Gasteiger charge is -2.17. The first-order valence-electron chi connectivity index (χ1n) is 10.2. The number of rotatable bonds is 7. The SMILES string of the molecule is COc1ccc(N2CC(C(=O)Nc3ccc(Oc4cccc(C(N)=O)c4)nc3)CC2=O)cc1. The van der Waals surface area contributed by atoms with Gasteiger partial charge in [-0.25, -0.2) is 4.98 Å². The van der Waals surface area contributed by atoms with E-state index < -0.39 is 11.8 Å². The molecule has 1 aliphatic rings. The molecule has 3 amide bonds. The van der Waals surface area contributed by atoms with Gasteiger partial charge in [-0.2, -0.15) is 0 Å². The van der Waals surface area contributed by atoms with Crippen molar-refractivity contribution in [1.29, 1.82) is 0 Å². The van der Waals surface area contributed by atoms with Gasteiger partial charge in [0.25, 0.3) is 0 Å². The highest BCUT2D eigenvalue weighted by molar-refractivity contribution is 6.03. The monoisotopic (exact) mass is 446 g/mol. The molecule has 1 fully saturated rings. The molecule has 0 saturated carbocycles. The minimum Gasteiger partial charge on any atom is -0.497 e. The zero-order valence-corrected chi connectivity index (χ0v) is 17.9. The lowest BCUT2D eigenvalue weighted by atomic mass is 10.1. The van der Waals surface area contributed by atoms with Crippen LogP contribution < -0.4 is 25.4 Å². The van der Waals surface area contributed by atoms with Crippen molar-refractivity contribution < 1.29 is 23.9 Å². The minimum absolute atomic E-state index is 0.111. The third-order valence-electron chi connectivity index (χ3n) is 5.22. The molecule has 1 saturated heterocycles. The molecule has 3 aromatic rings. The number of primary amides is 1. The summed E-state index contributed by atoms with van der Waals surface area (Å²) in [6, 6.07) is 16.8. The van der Waals surface area contributed by atoms with Gasteiger partial charge < -0.3 is 25.4 Å². The third kappa shape index (κ3) is 5.09. The van der Waals surface area contributed by atoms with E-state index in [4.69, 9.17) is 15.2 Å². The van der Waals surface area contributed by atoms with Crippen molar-refractivity contribution in [3.63, 3.8) is 0 Å². The number of methoxy groups -OCH3 is 1. The van der Waals surface area contributed by atoms with Gasteiger partial charge >= 0.3 is 0 Å². The maximum atomic E-state index is 12.7. The van der Waals surface area contributed by atoms with E-state index in [1.165, 1.54) is 12.3 Å². The molecule has 0 aliphatic carbocycles. The van der Waals surface area contributed by atoms with Crippen molar-refractivity contribution >= 4 is 29.1 Å². The molecule has 1 atom stereocenters. The lowest BCUT2D eigenvalue weighted by molar-refractivity contribution is -0.122. The van der Waals surface area contributed by atoms with Gasteiger partial charge in [0, 0.05) is 30.3 Å². The summed E-state index contributed by atoms with van der Waals surface area (Å²) < 4.78 is 10.8. The second kappa shape index (κ2) is 9.39. The van der Waals surface area contributed by atoms with E-state index in [9.17, 15) is 14.4 Å². The van der Waals surface area contributed by atoms with Gasteiger partial charge in [-0.1, -0.05) is 6.07 Å². The van der Waals surface area contributed by atoms with E-state index in [1.54, 1.807) is 66.6 Å². The molecule has 1 aromatic heterocycles. The van der Waals surface area contributed by atoms with Crippen LogP contribution in [-0.4, -0.2) is 36.4 Å². The number of nitrogens with two attached hydrogens (primary N) is 1. The van der Waals surface area contributed by atoms with Crippen LogP contribution in [0.3, 0.4) is 0 Å². The van der Waals surface area contributed by atoms with Crippen LogP contribution in [0.2, 0.25) is 0 Å². The van der Waals surface area contributed by atoms with Gasteiger partial charge in [-0.05, 0) is 48.5 Å². The smallest absolute Gasteiger partial charge is 0.248 e. The highest BCUT2D eigenvalue weighted by atomic mass is 16.5. The molecule has 1 unspecified atom stereocenters. The number of pyridine rings is 1. The van der Waals surface area contributed by atoms with Crippen LogP contribution >= 0.6 is 0 Å². The van der Waals surface area contributed by atoms with Crippen molar-refractivity contribution in [2.24, 2.45) is 11.7 Å². The first-order valence-corrected chi connectivity index (χ1v) is 10.2. The minimum atomic E-state index is -0.553. The third-order valence-corrected chi connectivity index (χ3v) is 5.22. The molecule has 2 heterocycles. The first kappa shape index (κ1) is 21.8. The molecule has 4 rings (SSSR count). The summed E-state index contributed by atoms with van der Waals surface area (Å²) in [6.07, 6.45) is 1.59. The molecular weight excluding hydrogens is 424 g/mol. The van der Waals surface area contributed by atoms with Crippen LogP contribution in [0.15, 0.2) is 66.9 Å². The molecule has 33 heavy (non-hydrogen) atoms. The van der Waals surface area contributed by atoms with Crippen molar-refractivity contribution in [2.75, 3.05) is 23.9 Å². The Labute approximate surface area is 190 Å². The van der Waals surface area contributed by atoms with Crippen molar-refractivity contribution in [3.8, 4) is 17.4 Å². The van der Waals surface area contributed by atoms with Crippen LogP contribution in [0.4, 0.5) is 11.4 Å². The van der Waals surface area contributed by atoms with E-state index in [0.717, 1.165) is 5.69 Å². The van der Waals surface area contributed by atoms with E-state index >= 15 is 0 Å². The number of nitrogens with one attached hydrogen (secondary N) is 1. The number of nitrogens with zero attached hydrogens (tertiary/aromatic N) is 2. The Kier molecular flexibility index (Phi) is 6.21. The molecule has 0 radical (unpaired) electrons. The largest absolute Gasteiger partial charge is 0.497 e. The van der Waals surface area contributed by atoms with E-state index in [1.807, 2.05) is 0 Å². The Bertz CT molecular complexity index is 1180. The fourth-order valence-corrected chi connectivity index (χ4v) is 3.49. The Balaban J connectivity index is 1.36. The van der Waals surface area contributed by atoms with Gasteiger partial charge in [0.2, 0.25) is 23.6 Å². The molecule has 1 aliphatic heterocycles. The Morgan fingerprint density at radius 3 is 2.55 bits per heavy atom. The summed E-state index contributed by atoms with van der Waals surface area (Å²) >= 11 is 0. The molecule has 168 valence electrons. The molecule has 0 bridgehead atoms. The summed E-state index contributed by atoms with van der Waals surface area (Å²) in [7, 11) is 1.57. The molecule has 3 N–H and O–H groups in total. The summed E-state index contributed by atoms with van der Waals surface area (Å²) in [5.74, 6) is -0.00549. The maximum absolute atomic E-state index is 12.7. The second-order valence-corrected chi connectivity index (χ2v) is 7.47. The summed E-state index contributed by atoms with van der Waals surface area (Å²) in [6.45, 7) is 0.293. The molecule has 2 aromatic carbocycles. The Hall–Kier alpha value is -4.40. The summed E-state index contributed by atoms with van der Waals surface area (Å²) in [5.41, 5.74) is 6.80. The van der Waals surface area contributed by atoms with Gasteiger partial charge in [-0.15, -0.1) is 0 Å². The topological polar surface area (TPSA) is 124 Å². The predicted octanol–water partition coefficient (Wildman–Crippen LogP) is 2.97. The van der Waals surface area contributed by atoms with Crippen molar-refractivity contribution in [2.45, 2.75) is 6.42 Å². The Morgan fingerprint density at radius 2 is 1.88 bits per heavy atom. The Morgan fingerprint density at radius 1 is 1.09 bits per heavy atom. The lowest BCUT2D eigenvalue weighted by Crippen LogP contribution is -2.28. The number of hydrogen-bond acceptors (Lipinski definition) is 6. The predicted molar refractivity (Wildman–Crippen MR) is 121 cm³/mol. The van der Waals surface area contributed by atoms with E-state index in [-0.39, 0.29) is 24.1 Å². The average molecular weight is 446 g/mol. The van der Waals surface area contributed by atoms with Crippen molar-refractivity contribution in [3.05, 3.63) is 72.4 Å². The quantitative estimate of drug-likeness (QED) is 0.575. The number of benzene rings is 2. The average Bonchev–Trinajstić information content (AvgIpc) is 3.22. The van der Waals surface area contributed by atoms with Gasteiger partial charge in [-0.3, -0.25) is 14.4 Å². The fourth-order valence-electron chi connectivity index (χ4n) is 3.49. The molecule has 9 nitrogen and oxygen atoms in total. The van der Waals surface area contributed by atoms with E-state index in [2.05, 4.69) is 10.3 Å². The second-order valence-electron chi connectivity index (χ2n) is 7.47. The van der Waals surface area contributed by atoms with Crippen LogP contribution in [0, 0.1) is 5.92 Å². The molecular formula is C24H22N4O5. The highest BCUT2D eigenvalue weighted by Crippen LogP contribution is 2.28. The van der Waals surface area contributed by atoms with Gasteiger partial charge in [0.1, 0.15) is 11.5 Å².